The Morgan fingerprint density at radius 1 is 1.26 bits per heavy atom. The van der Waals surface area contributed by atoms with E-state index in [1.54, 1.807) is 32.8 Å². The summed E-state index contributed by atoms with van der Waals surface area (Å²) in [5.74, 6) is -1.79. The molecule has 8 atom stereocenters. The lowest BCUT2D eigenvalue weighted by Gasteiger charge is -2.71. The molecule has 3 rings (SSSR count). The Morgan fingerprint density at radius 2 is 1.88 bits per heavy atom. The van der Waals surface area contributed by atoms with E-state index in [4.69, 9.17) is 14.2 Å². The summed E-state index contributed by atoms with van der Waals surface area (Å²) >= 11 is 0. The Kier molecular flexibility index (Phi) is 6.61. The highest BCUT2D eigenvalue weighted by Crippen LogP contribution is 2.67. The Bertz CT molecular complexity index is 873. The number of rotatable bonds is 6. The zero-order valence-electron chi connectivity index (χ0n) is 21.3. The van der Waals surface area contributed by atoms with Crippen molar-refractivity contribution in [2.75, 3.05) is 20.6 Å². The number of aliphatic hydroxyl groups excluding tert-OH is 1. The molecule has 0 bridgehead atoms. The molecular weight excluding hydrogens is 442 g/mol. The average molecular weight is 482 g/mol. The third kappa shape index (κ3) is 3.54. The van der Waals surface area contributed by atoms with Gasteiger partial charge in [-0.15, -0.1) is 6.58 Å². The van der Waals surface area contributed by atoms with Gasteiger partial charge in [-0.05, 0) is 46.2 Å². The standard InChI is InChI=1S/C25H39NO8/c1-9-22(4)12-15(28)25(31)23(5)16(33-17(29)13-26(7)8)10-11-21(2,3)19(23)18(30)20(32-14-27)24(25,6)34-22/h9,14,16,18-20,30-31H,1,10-13H2,2-8H3/t16-,18-,19-,20-,22-,23-,24+,25-/m0/s1. The molecule has 0 unspecified atom stereocenters. The third-order valence-electron chi connectivity index (χ3n) is 8.61. The monoisotopic (exact) mass is 481 g/mol. The van der Waals surface area contributed by atoms with E-state index in [1.807, 2.05) is 13.8 Å². The minimum absolute atomic E-state index is 0.0226. The predicted octanol–water partition coefficient (Wildman–Crippen LogP) is 1.24. The van der Waals surface area contributed by atoms with Gasteiger partial charge in [-0.1, -0.05) is 26.8 Å². The molecule has 0 spiro atoms. The maximum atomic E-state index is 13.9. The molecule has 0 amide bonds. The molecular formula is C25H39NO8. The topological polar surface area (TPSA) is 123 Å². The minimum Gasteiger partial charge on any atom is -0.461 e. The van der Waals surface area contributed by atoms with Crippen molar-refractivity contribution in [3.05, 3.63) is 12.7 Å². The maximum absolute atomic E-state index is 13.9. The number of ketones is 1. The maximum Gasteiger partial charge on any atom is 0.320 e. The Labute approximate surface area is 201 Å². The number of esters is 1. The molecule has 1 heterocycles. The second-order valence-electron chi connectivity index (χ2n) is 11.7. The Hall–Kier alpha value is -1.81. The lowest BCUT2D eigenvalue weighted by molar-refractivity contribution is -0.369. The first kappa shape index (κ1) is 26.8. The number of hydrogen-bond acceptors (Lipinski definition) is 9. The number of carbonyl (C=O) groups is 3. The van der Waals surface area contributed by atoms with Crippen LogP contribution in [0.4, 0.5) is 0 Å². The molecule has 2 saturated carbocycles. The lowest BCUT2D eigenvalue weighted by Crippen LogP contribution is -2.86. The van der Waals surface area contributed by atoms with Crippen LogP contribution in [-0.4, -0.2) is 89.1 Å². The van der Waals surface area contributed by atoms with E-state index in [0.29, 0.717) is 12.8 Å². The molecule has 0 aromatic rings. The number of aliphatic hydroxyl groups is 2. The number of carbonyl (C=O) groups excluding carboxylic acids is 3. The van der Waals surface area contributed by atoms with Gasteiger partial charge in [0.1, 0.15) is 11.7 Å². The van der Waals surface area contributed by atoms with Crippen LogP contribution in [0.2, 0.25) is 0 Å². The van der Waals surface area contributed by atoms with Gasteiger partial charge in [0.15, 0.2) is 17.5 Å². The largest absolute Gasteiger partial charge is 0.461 e. The first-order valence-corrected chi connectivity index (χ1v) is 11.7. The lowest BCUT2D eigenvalue weighted by atomic mass is 9.39. The van der Waals surface area contributed by atoms with Crippen LogP contribution < -0.4 is 0 Å². The fourth-order valence-electron chi connectivity index (χ4n) is 7.18. The molecule has 3 fully saturated rings. The number of hydrogen-bond donors (Lipinski definition) is 2. The van der Waals surface area contributed by atoms with Crippen molar-refractivity contribution in [3.63, 3.8) is 0 Å². The normalized spacial score (nSPS) is 45.6. The number of ether oxygens (including phenoxy) is 3. The summed E-state index contributed by atoms with van der Waals surface area (Å²) in [5, 5.41) is 24.2. The van der Waals surface area contributed by atoms with E-state index in [1.165, 1.54) is 13.0 Å². The molecule has 9 nitrogen and oxygen atoms in total. The van der Waals surface area contributed by atoms with E-state index < -0.39 is 63.6 Å². The van der Waals surface area contributed by atoms with Crippen molar-refractivity contribution in [3.8, 4) is 0 Å². The molecule has 0 aromatic heterocycles. The van der Waals surface area contributed by atoms with Crippen LogP contribution in [0.1, 0.15) is 53.9 Å². The Morgan fingerprint density at radius 3 is 2.41 bits per heavy atom. The van der Waals surface area contributed by atoms with Crippen LogP contribution in [0, 0.1) is 16.7 Å². The fourth-order valence-corrected chi connectivity index (χ4v) is 7.18. The predicted molar refractivity (Wildman–Crippen MR) is 123 cm³/mol. The molecule has 1 saturated heterocycles. The van der Waals surface area contributed by atoms with Gasteiger partial charge in [0.25, 0.3) is 6.47 Å². The number of Topliss-reactive ketones (excluding diaryl/α,β-unsaturated/α-hetero) is 1. The van der Waals surface area contributed by atoms with E-state index in [9.17, 15) is 24.6 Å². The zero-order valence-corrected chi connectivity index (χ0v) is 21.3. The van der Waals surface area contributed by atoms with Crippen molar-refractivity contribution in [1.29, 1.82) is 0 Å². The molecule has 34 heavy (non-hydrogen) atoms. The summed E-state index contributed by atoms with van der Waals surface area (Å²) in [6.07, 6.45) is -1.28. The van der Waals surface area contributed by atoms with Gasteiger partial charge in [-0.2, -0.15) is 0 Å². The van der Waals surface area contributed by atoms with Crippen LogP contribution in [0.25, 0.3) is 0 Å². The van der Waals surface area contributed by atoms with Crippen molar-refractivity contribution >= 4 is 18.2 Å². The first-order chi connectivity index (χ1) is 15.5. The van der Waals surface area contributed by atoms with Gasteiger partial charge >= 0.3 is 5.97 Å². The Balaban J connectivity index is 2.26. The fraction of sp³-hybridized carbons (Fsp3) is 0.800. The van der Waals surface area contributed by atoms with Gasteiger partial charge in [0.2, 0.25) is 0 Å². The first-order valence-electron chi connectivity index (χ1n) is 11.7. The summed E-state index contributed by atoms with van der Waals surface area (Å²) < 4.78 is 17.6. The molecule has 1 aliphatic heterocycles. The molecule has 0 aromatic carbocycles. The highest BCUT2D eigenvalue weighted by molar-refractivity contribution is 5.92. The molecule has 192 valence electrons. The molecule has 2 N–H and O–H groups in total. The smallest absolute Gasteiger partial charge is 0.320 e. The summed E-state index contributed by atoms with van der Waals surface area (Å²) in [5.41, 5.74) is -7.25. The van der Waals surface area contributed by atoms with Crippen molar-refractivity contribution < 1.29 is 38.8 Å². The van der Waals surface area contributed by atoms with Gasteiger partial charge < -0.3 is 24.4 Å². The molecule has 9 heteroatoms. The molecule has 3 aliphatic rings. The van der Waals surface area contributed by atoms with E-state index in [-0.39, 0.29) is 19.4 Å². The van der Waals surface area contributed by atoms with Gasteiger partial charge in [0, 0.05) is 17.8 Å². The molecule has 0 radical (unpaired) electrons. The molecule has 2 aliphatic carbocycles. The van der Waals surface area contributed by atoms with Gasteiger partial charge in [0.05, 0.1) is 18.2 Å². The summed E-state index contributed by atoms with van der Waals surface area (Å²) in [7, 11) is 3.47. The summed E-state index contributed by atoms with van der Waals surface area (Å²) in [6, 6.07) is 0. The van der Waals surface area contributed by atoms with E-state index >= 15 is 0 Å². The minimum atomic E-state index is -2.24. The van der Waals surface area contributed by atoms with Gasteiger partial charge in [-0.25, -0.2) is 0 Å². The number of fused-ring (bicyclic) bond motifs is 3. The van der Waals surface area contributed by atoms with Crippen molar-refractivity contribution in [1.82, 2.24) is 4.90 Å². The van der Waals surface area contributed by atoms with Crippen LogP contribution in [-0.2, 0) is 28.6 Å². The summed E-state index contributed by atoms with van der Waals surface area (Å²) in [4.78, 5) is 39.8. The number of likely N-dealkylation sites (N-methyl/N-ethyl adjacent to an activating group) is 1. The average Bonchev–Trinajstić information content (AvgIpc) is 2.70. The van der Waals surface area contributed by atoms with E-state index in [2.05, 4.69) is 6.58 Å². The summed E-state index contributed by atoms with van der Waals surface area (Å²) in [6.45, 7) is 12.7. The SMILES string of the molecule is C=C[C@@]1(C)CC(=O)[C@]2(O)[C@@]3(C)[C@@H](OC(=O)CN(C)C)CCC(C)(C)[C@@H]3[C@H](O)[C@H](OC=O)[C@@]2(C)O1. The quantitative estimate of drug-likeness (QED) is 0.328. The van der Waals surface area contributed by atoms with Crippen molar-refractivity contribution in [2.45, 2.75) is 89.0 Å². The number of nitrogens with zero attached hydrogens (tertiary/aromatic N) is 1. The van der Waals surface area contributed by atoms with E-state index in [0.717, 1.165) is 0 Å². The second-order valence-corrected chi connectivity index (χ2v) is 11.7. The van der Waals surface area contributed by atoms with Crippen LogP contribution in [0.15, 0.2) is 12.7 Å². The van der Waals surface area contributed by atoms with Crippen molar-refractivity contribution in [2.24, 2.45) is 16.7 Å². The highest BCUT2D eigenvalue weighted by atomic mass is 16.6. The van der Waals surface area contributed by atoms with Crippen LogP contribution in [0.5, 0.6) is 0 Å². The van der Waals surface area contributed by atoms with Crippen LogP contribution in [0.3, 0.4) is 0 Å². The highest BCUT2D eigenvalue weighted by Gasteiger charge is 2.81. The van der Waals surface area contributed by atoms with Crippen LogP contribution >= 0.6 is 0 Å². The second kappa shape index (κ2) is 8.40. The third-order valence-corrected chi connectivity index (χ3v) is 8.61. The zero-order chi connectivity index (χ0) is 25.9. The van der Waals surface area contributed by atoms with Gasteiger partial charge in [-0.3, -0.25) is 19.3 Å².